The van der Waals surface area contributed by atoms with Gasteiger partial charge in [0.05, 0.1) is 0 Å². The normalized spacial score (nSPS) is 10.6. The molecule has 0 bridgehead atoms. The maximum atomic E-state index is 13.2. The van der Waals surface area contributed by atoms with Crippen molar-refractivity contribution in [1.29, 1.82) is 0 Å². The lowest BCUT2D eigenvalue weighted by Crippen LogP contribution is -1.98. The highest BCUT2D eigenvalue weighted by atomic mass is 19.1. The fourth-order valence-electron chi connectivity index (χ4n) is 2.10. The van der Waals surface area contributed by atoms with Crippen LogP contribution >= 0.6 is 0 Å². The van der Waals surface area contributed by atoms with Crippen LogP contribution < -0.4 is 5.73 Å². The van der Waals surface area contributed by atoms with E-state index < -0.39 is 0 Å². The lowest BCUT2D eigenvalue weighted by atomic mass is 9.96. The van der Waals surface area contributed by atoms with Gasteiger partial charge in [-0.05, 0) is 54.3 Å². The van der Waals surface area contributed by atoms with Gasteiger partial charge >= 0.3 is 0 Å². The van der Waals surface area contributed by atoms with Crippen molar-refractivity contribution in [2.45, 2.75) is 20.4 Å². The van der Waals surface area contributed by atoms with Crippen molar-refractivity contribution >= 4 is 0 Å². The Labute approximate surface area is 100 Å². The number of halogens is 1. The van der Waals surface area contributed by atoms with Gasteiger partial charge in [-0.2, -0.15) is 0 Å². The van der Waals surface area contributed by atoms with Crippen molar-refractivity contribution in [1.82, 2.24) is 4.98 Å². The molecule has 1 heterocycles. The van der Waals surface area contributed by atoms with Gasteiger partial charge in [0.15, 0.2) is 0 Å². The monoisotopic (exact) mass is 230 g/mol. The molecule has 0 aliphatic heterocycles. The Morgan fingerprint density at radius 2 is 1.76 bits per heavy atom. The molecule has 2 N–H and O–H groups in total. The molecule has 0 fully saturated rings. The van der Waals surface area contributed by atoms with Crippen molar-refractivity contribution < 1.29 is 4.39 Å². The summed E-state index contributed by atoms with van der Waals surface area (Å²) < 4.78 is 13.2. The number of aromatic nitrogens is 1. The average Bonchev–Trinajstić information content (AvgIpc) is 2.28. The van der Waals surface area contributed by atoms with Crippen LogP contribution in [-0.2, 0) is 6.54 Å². The zero-order chi connectivity index (χ0) is 12.4. The summed E-state index contributed by atoms with van der Waals surface area (Å²) >= 11 is 0. The second-order valence-corrected chi connectivity index (χ2v) is 4.20. The van der Waals surface area contributed by atoms with Gasteiger partial charge in [-0.1, -0.05) is 0 Å². The predicted octanol–water partition coefficient (Wildman–Crippen LogP) is 2.96. The van der Waals surface area contributed by atoms with Crippen LogP contribution in [0.5, 0.6) is 0 Å². The average molecular weight is 230 g/mol. The van der Waals surface area contributed by atoms with Crippen molar-refractivity contribution in [3.63, 3.8) is 0 Å². The highest BCUT2D eigenvalue weighted by Crippen LogP contribution is 2.27. The third-order valence-corrected chi connectivity index (χ3v) is 2.82. The fraction of sp³-hybridized carbons (Fsp3) is 0.214. The summed E-state index contributed by atoms with van der Waals surface area (Å²) in [6.45, 7) is 4.27. The van der Waals surface area contributed by atoms with Gasteiger partial charge in [0, 0.05) is 24.5 Å². The molecule has 17 heavy (non-hydrogen) atoms. The van der Waals surface area contributed by atoms with E-state index in [-0.39, 0.29) is 5.82 Å². The largest absolute Gasteiger partial charge is 0.326 e. The van der Waals surface area contributed by atoms with Gasteiger partial charge < -0.3 is 5.73 Å². The van der Waals surface area contributed by atoms with Gasteiger partial charge in [0.25, 0.3) is 0 Å². The lowest BCUT2D eigenvalue weighted by molar-refractivity contribution is 0.625. The minimum absolute atomic E-state index is 0.202. The molecule has 0 saturated carbocycles. The summed E-state index contributed by atoms with van der Waals surface area (Å²) in [4.78, 5) is 4.16. The standard InChI is InChI=1S/C14H15FN2/c1-9-3-13(15)4-10(2)14(9)12-5-11(6-16)7-17-8-12/h3-5,7-8H,6,16H2,1-2H3. The number of rotatable bonds is 2. The van der Waals surface area contributed by atoms with Gasteiger partial charge in [0.2, 0.25) is 0 Å². The molecule has 2 aromatic rings. The van der Waals surface area contributed by atoms with Crippen molar-refractivity contribution in [2.24, 2.45) is 5.73 Å². The molecule has 3 heteroatoms. The molecule has 0 amide bonds. The van der Waals surface area contributed by atoms with Gasteiger partial charge in [-0.3, -0.25) is 4.98 Å². The summed E-state index contributed by atoms with van der Waals surface area (Å²) in [5.74, 6) is -0.202. The van der Waals surface area contributed by atoms with Crippen LogP contribution in [-0.4, -0.2) is 4.98 Å². The molecule has 0 spiro atoms. The van der Waals surface area contributed by atoms with Gasteiger partial charge in [0.1, 0.15) is 5.82 Å². The van der Waals surface area contributed by atoms with Crippen LogP contribution in [0.25, 0.3) is 11.1 Å². The van der Waals surface area contributed by atoms with E-state index >= 15 is 0 Å². The first-order valence-electron chi connectivity index (χ1n) is 5.53. The molecule has 0 atom stereocenters. The molecule has 2 rings (SSSR count). The number of hydrogen-bond acceptors (Lipinski definition) is 2. The Morgan fingerprint density at radius 1 is 1.12 bits per heavy atom. The van der Waals surface area contributed by atoms with Crippen LogP contribution in [0.15, 0.2) is 30.6 Å². The second-order valence-electron chi connectivity index (χ2n) is 4.20. The molecule has 0 aliphatic rings. The molecule has 2 nitrogen and oxygen atoms in total. The van der Waals surface area contributed by atoms with Crippen molar-refractivity contribution in [3.8, 4) is 11.1 Å². The third-order valence-electron chi connectivity index (χ3n) is 2.82. The Kier molecular flexibility index (Phi) is 3.20. The Balaban J connectivity index is 2.60. The first-order chi connectivity index (χ1) is 8.11. The predicted molar refractivity (Wildman–Crippen MR) is 67.0 cm³/mol. The van der Waals surface area contributed by atoms with E-state index in [1.807, 2.05) is 19.9 Å². The molecular formula is C14H15FN2. The Morgan fingerprint density at radius 3 is 2.35 bits per heavy atom. The summed E-state index contributed by atoms with van der Waals surface area (Å²) in [6, 6.07) is 5.08. The van der Waals surface area contributed by atoms with E-state index in [0.717, 1.165) is 27.8 Å². The Bertz CT molecular complexity index is 527. The van der Waals surface area contributed by atoms with Crippen LogP contribution in [0, 0.1) is 19.7 Å². The first kappa shape index (κ1) is 11.7. The molecule has 0 unspecified atom stereocenters. The number of aryl methyl sites for hydroxylation is 2. The first-order valence-corrected chi connectivity index (χ1v) is 5.53. The third kappa shape index (κ3) is 2.34. The zero-order valence-electron chi connectivity index (χ0n) is 10.00. The molecule has 0 radical (unpaired) electrons. The molecule has 0 saturated heterocycles. The SMILES string of the molecule is Cc1cc(F)cc(C)c1-c1cncc(CN)c1. The number of nitrogens with zero attached hydrogens (tertiary/aromatic N) is 1. The number of benzene rings is 1. The van der Waals surface area contributed by atoms with E-state index in [9.17, 15) is 4.39 Å². The molecule has 0 aliphatic carbocycles. The summed E-state index contributed by atoms with van der Waals surface area (Å²) in [7, 11) is 0. The van der Waals surface area contributed by atoms with Crippen molar-refractivity contribution in [3.05, 3.63) is 53.1 Å². The van der Waals surface area contributed by atoms with E-state index in [1.165, 1.54) is 12.1 Å². The maximum Gasteiger partial charge on any atom is 0.123 e. The molecular weight excluding hydrogens is 215 g/mol. The minimum atomic E-state index is -0.202. The van der Waals surface area contributed by atoms with Crippen LogP contribution in [0.3, 0.4) is 0 Å². The number of pyridine rings is 1. The van der Waals surface area contributed by atoms with E-state index in [0.29, 0.717) is 6.54 Å². The maximum absolute atomic E-state index is 13.2. The summed E-state index contributed by atoms with van der Waals surface area (Å²) in [5, 5.41) is 0. The molecule has 1 aromatic carbocycles. The van der Waals surface area contributed by atoms with E-state index in [2.05, 4.69) is 4.98 Å². The molecule has 1 aromatic heterocycles. The van der Waals surface area contributed by atoms with Gasteiger partial charge in [-0.15, -0.1) is 0 Å². The Hall–Kier alpha value is -1.74. The van der Waals surface area contributed by atoms with E-state index in [1.54, 1.807) is 12.4 Å². The van der Waals surface area contributed by atoms with E-state index in [4.69, 9.17) is 5.73 Å². The second kappa shape index (κ2) is 4.63. The number of hydrogen-bond donors (Lipinski definition) is 1. The minimum Gasteiger partial charge on any atom is -0.326 e. The summed E-state index contributed by atoms with van der Waals surface area (Å²) in [6.07, 6.45) is 3.53. The van der Waals surface area contributed by atoms with Crippen LogP contribution in [0.2, 0.25) is 0 Å². The quantitative estimate of drug-likeness (QED) is 0.861. The molecule has 88 valence electrons. The van der Waals surface area contributed by atoms with Crippen LogP contribution in [0.1, 0.15) is 16.7 Å². The topological polar surface area (TPSA) is 38.9 Å². The van der Waals surface area contributed by atoms with Crippen LogP contribution in [0.4, 0.5) is 4.39 Å². The summed E-state index contributed by atoms with van der Waals surface area (Å²) in [5.41, 5.74) is 10.4. The van der Waals surface area contributed by atoms with Crippen molar-refractivity contribution in [2.75, 3.05) is 0 Å². The zero-order valence-corrected chi connectivity index (χ0v) is 10.00. The highest BCUT2D eigenvalue weighted by Gasteiger charge is 2.08. The number of nitrogens with two attached hydrogens (primary N) is 1. The smallest absolute Gasteiger partial charge is 0.123 e. The lowest BCUT2D eigenvalue weighted by Gasteiger charge is -2.11. The highest BCUT2D eigenvalue weighted by molar-refractivity contribution is 5.70. The fourth-order valence-corrected chi connectivity index (χ4v) is 2.10. The van der Waals surface area contributed by atoms with Gasteiger partial charge in [-0.25, -0.2) is 4.39 Å².